The third-order valence-electron chi connectivity index (χ3n) is 2.84. The Bertz CT molecular complexity index is 650. The predicted octanol–water partition coefficient (Wildman–Crippen LogP) is 3.06. The summed E-state index contributed by atoms with van der Waals surface area (Å²) < 4.78 is 11.5. The molecule has 3 rings (SSSR count). The van der Waals surface area contributed by atoms with Crippen molar-refractivity contribution in [3.05, 3.63) is 36.2 Å². The molecule has 90 valence electrons. The first-order chi connectivity index (χ1) is 8.61. The van der Waals surface area contributed by atoms with E-state index in [9.17, 15) is 0 Å². The molecule has 0 unspecified atom stereocenters. The van der Waals surface area contributed by atoms with Gasteiger partial charge in [0.05, 0.1) is 5.56 Å². The highest BCUT2D eigenvalue weighted by Crippen LogP contribution is 2.46. The van der Waals surface area contributed by atoms with Crippen LogP contribution in [0.15, 0.2) is 30.6 Å². The predicted molar refractivity (Wildman–Crippen MR) is 66.3 cm³/mol. The van der Waals surface area contributed by atoms with Gasteiger partial charge in [-0.3, -0.25) is 0 Å². The second kappa shape index (κ2) is 3.54. The maximum absolute atomic E-state index is 9.08. The summed E-state index contributed by atoms with van der Waals surface area (Å²) in [6, 6.07) is 7.85. The van der Waals surface area contributed by atoms with E-state index in [1.165, 1.54) is 0 Å². The normalized spacial score (nSPS) is 15.4. The van der Waals surface area contributed by atoms with Gasteiger partial charge in [0.25, 0.3) is 0 Å². The number of aromatic amines is 1. The number of fused-ring (bicyclic) bond motifs is 1. The molecule has 0 aliphatic carbocycles. The molecule has 1 aromatic carbocycles. The second-order valence-corrected chi connectivity index (χ2v) is 4.63. The van der Waals surface area contributed by atoms with Crippen LogP contribution in [-0.2, 0) is 0 Å². The Labute approximate surface area is 105 Å². The van der Waals surface area contributed by atoms with Gasteiger partial charge in [-0.2, -0.15) is 5.26 Å². The number of nitrogens with one attached hydrogen (secondary N) is 1. The SMILES string of the molecule is CC1(C)Oc2cccc(-c3c[nH]cc3C#N)c2O1. The van der Waals surface area contributed by atoms with Crippen molar-refractivity contribution in [1.82, 2.24) is 4.98 Å². The van der Waals surface area contributed by atoms with Crippen LogP contribution >= 0.6 is 0 Å². The Balaban J connectivity index is 2.17. The number of nitriles is 1. The molecule has 2 aromatic rings. The molecule has 0 amide bonds. The van der Waals surface area contributed by atoms with Crippen molar-refractivity contribution >= 4 is 0 Å². The molecule has 0 saturated carbocycles. The van der Waals surface area contributed by atoms with Crippen LogP contribution in [0, 0.1) is 11.3 Å². The van der Waals surface area contributed by atoms with Crippen molar-refractivity contribution in [2.24, 2.45) is 0 Å². The number of para-hydroxylation sites is 1. The summed E-state index contributed by atoms with van der Waals surface area (Å²) in [5.74, 6) is 0.739. The Hall–Kier alpha value is -2.41. The van der Waals surface area contributed by atoms with Crippen molar-refractivity contribution in [1.29, 1.82) is 5.26 Å². The van der Waals surface area contributed by atoms with Crippen molar-refractivity contribution in [2.75, 3.05) is 0 Å². The van der Waals surface area contributed by atoms with Crippen LogP contribution in [-0.4, -0.2) is 10.8 Å². The summed E-state index contributed by atoms with van der Waals surface area (Å²) in [5.41, 5.74) is 2.29. The van der Waals surface area contributed by atoms with E-state index in [1.54, 1.807) is 12.4 Å². The minimum Gasteiger partial charge on any atom is -0.449 e. The number of rotatable bonds is 1. The van der Waals surface area contributed by atoms with E-state index in [2.05, 4.69) is 11.1 Å². The van der Waals surface area contributed by atoms with E-state index in [-0.39, 0.29) is 0 Å². The first-order valence-electron chi connectivity index (χ1n) is 5.69. The number of nitrogens with zero attached hydrogens (tertiary/aromatic N) is 1. The van der Waals surface area contributed by atoms with Gasteiger partial charge >= 0.3 is 0 Å². The van der Waals surface area contributed by atoms with Crippen LogP contribution in [0.4, 0.5) is 0 Å². The molecule has 1 aromatic heterocycles. The number of hydrogen-bond donors (Lipinski definition) is 1. The van der Waals surface area contributed by atoms with Gasteiger partial charge < -0.3 is 14.5 Å². The highest BCUT2D eigenvalue weighted by molar-refractivity contribution is 5.78. The Morgan fingerprint density at radius 1 is 1.17 bits per heavy atom. The van der Waals surface area contributed by atoms with Crippen LogP contribution in [0.25, 0.3) is 11.1 Å². The summed E-state index contributed by atoms with van der Waals surface area (Å²) in [6.45, 7) is 3.72. The molecule has 0 saturated heterocycles. The molecule has 2 heterocycles. The van der Waals surface area contributed by atoms with E-state index in [4.69, 9.17) is 14.7 Å². The zero-order valence-electron chi connectivity index (χ0n) is 10.2. The van der Waals surface area contributed by atoms with Gasteiger partial charge in [-0.25, -0.2) is 0 Å². The van der Waals surface area contributed by atoms with E-state index in [0.717, 1.165) is 11.1 Å². The average molecular weight is 240 g/mol. The van der Waals surface area contributed by atoms with Gasteiger partial charge in [-0.15, -0.1) is 0 Å². The fourth-order valence-corrected chi connectivity index (χ4v) is 2.12. The summed E-state index contributed by atoms with van der Waals surface area (Å²) in [4.78, 5) is 2.94. The fourth-order valence-electron chi connectivity index (χ4n) is 2.12. The minimum atomic E-state index is -0.665. The van der Waals surface area contributed by atoms with Crippen molar-refractivity contribution in [2.45, 2.75) is 19.6 Å². The van der Waals surface area contributed by atoms with Gasteiger partial charge in [0.15, 0.2) is 11.5 Å². The first-order valence-corrected chi connectivity index (χ1v) is 5.69. The Morgan fingerprint density at radius 2 is 2.00 bits per heavy atom. The molecule has 4 heteroatoms. The van der Waals surface area contributed by atoms with Crippen LogP contribution in [0.2, 0.25) is 0 Å². The van der Waals surface area contributed by atoms with Gasteiger partial charge in [-0.05, 0) is 6.07 Å². The van der Waals surface area contributed by atoms with Crippen LogP contribution < -0.4 is 9.47 Å². The van der Waals surface area contributed by atoms with E-state index < -0.39 is 5.79 Å². The lowest BCUT2D eigenvalue weighted by Crippen LogP contribution is -2.29. The van der Waals surface area contributed by atoms with Gasteiger partial charge in [-0.1, -0.05) is 12.1 Å². The van der Waals surface area contributed by atoms with Crippen LogP contribution in [0.1, 0.15) is 19.4 Å². The average Bonchev–Trinajstić information content (AvgIpc) is 2.89. The second-order valence-electron chi connectivity index (χ2n) is 4.63. The molecule has 0 atom stereocenters. The summed E-state index contributed by atoms with van der Waals surface area (Å²) >= 11 is 0. The Kier molecular flexibility index (Phi) is 2.11. The van der Waals surface area contributed by atoms with Crippen molar-refractivity contribution < 1.29 is 9.47 Å². The summed E-state index contributed by atoms with van der Waals surface area (Å²) in [7, 11) is 0. The number of benzene rings is 1. The summed E-state index contributed by atoms with van der Waals surface area (Å²) in [5, 5.41) is 9.08. The molecular formula is C14H12N2O2. The molecule has 1 aliphatic rings. The van der Waals surface area contributed by atoms with E-state index >= 15 is 0 Å². The highest BCUT2D eigenvalue weighted by atomic mass is 16.7. The topological polar surface area (TPSA) is 58.0 Å². The van der Waals surface area contributed by atoms with Gasteiger partial charge in [0, 0.05) is 37.4 Å². The van der Waals surface area contributed by atoms with E-state index in [0.29, 0.717) is 17.1 Å². The van der Waals surface area contributed by atoms with Crippen molar-refractivity contribution in [3.8, 4) is 28.7 Å². The molecule has 4 nitrogen and oxygen atoms in total. The van der Waals surface area contributed by atoms with Crippen LogP contribution in [0.5, 0.6) is 11.5 Å². The maximum Gasteiger partial charge on any atom is 0.246 e. The maximum atomic E-state index is 9.08. The molecule has 18 heavy (non-hydrogen) atoms. The largest absolute Gasteiger partial charge is 0.449 e. The zero-order valence-corrected chi connectivity index (χ0v) is 10.2. The molecule has 0 fully saturated rings. The third kappa shape index (κ3) is 1.52. The van der Waals surface area contributed by atoms with Gasteiger partial charge in [0.2, 0.25) is 5.79 Å². The lowest BCUT2D eigenvalue weighted by atomic mass is 10.0. The van der Waals surface area contributed by atoms with Gasteiger partial charge in [0.1, 0.15) is 6.07 Å². The number of aromatic nitrogens is 1. The zero-order chi connectivity index (χ0) is 12.8. The number of ether oxygens (including phenoxy) is 2. The summed E-state index contributed by atoms with van der Waals surface area (Å²) in [6.07, 6.45) is 3.47. The fraction of sp³-hybridized carbons (Fsp3) is 0.214. The highest BCUT2D eigenvalue weighted by Gasteiger charge is 2.33. The molecule has 1 aliphatic heterocycles. The van der Waals surface area contributed by atoms with Crippen molar-refractivity contribution in [3.63, 3.8) is 0 Å². The standard InChI is InChI=1S/C14H12N2O2/c1-14(2)17-12-5-3-4-10(13(12)18-14)11-8-16-7-9(11)6-15/h3-5,7-8,16H,1-2H3. The number of hydrogen-bond acceptors (Lipinski definition) is 3. The van der Waals surface area contributed by atoms with E-state index in [1.807, 2.05) is 32.0 Å². The van der Waals surface area contributed by atoms with Crippen LogP contribution in [0.3, 0.4) is 0 Å². The minimum absolute atomic E-state index is 0.594. The quantitative estimate of drug-likeness (QED) is 0.833. The molecular weight excluding hydrogens is 228 g/mol. The number of H-pyrrole nitrogens is 1. The molecule has 0 spiro atoms. The molecule has 0 bridgehead atoms. The Morgan fingerprint density at radius 3 is 2.78 bits per heavy atom. The first kappa shape index (κ1) is 10.7. The molecule has 0 radical (unpaired) electrons. The smallest absolute Gasteiger partial charge is 0.246 e. The lowest BCUT2D eigenvalue weighted by Gasteiger charge is -2.16. The molecule has 1 N–H and O–H groups in total. The third-order valence-corrected chi connectivity index (χ3v) is 2.84. The lowest BCUT2D eigenvalue weighted by molar-refractivity contribution is -0.0429. The monoisotopic (exact) mass is 240 g/mol.